The van der Waals surface area contributed by atoms with Gasteiger partial charge in [-0.05, 0) is 30.9 Å². The van der Waals surface area contributed by atoms with E-state index in [0.717, 1.165) is 18.7 Å². The lowest BCUT2D eigenvalue weighted by atomic mass is 10.1. The summed E-state index contributed by atoms with van der Waals surface area (Å²) < 4.78 is 3.35. The number of rotatable bonds is 3. The minimum absolute atomic E-state index is 0.00820. The highest BCUT2D eigenvalue weighted by Crippen LogP contribution is 2.31. The van der Waals surface area contributed by atoms with Crippen LogP contribution in [0.15, 0.2) is 29.3 Å². The van der Waals surface area contributed by atoms with Crippen LogP contribution in [0.4, 0.5) is 0 Å². The first-order chi connectivity index (χ1) is 12.0. The van der Waals surface area contributed by atoms with Crippen LogP contribution in [0.2, 0.25) is 0 Å². The molecule has 2 aliphatic rings. The topological polar surface area (TPSA) is 73.0 Å². The third-order valence-electron chi connectivity index (χ3n) is 5.11. The lowest BCUT2D eigenvalue weighted by Gasteiger charge is -2.27. The van der Waals surface area contributed by atoms with Crippen LogP contribution in [-0.2, 0) is 19.5 Å². The predicted octanol–water partition coefficient (Wildman–Crippen LogP) is 1.33. The van der Waals surface area contributed by atoms with Crippen molar-refractivity contribution in [3.8, 4) is 0 Å². The molecule has 132 valence electrons. The summed E-state index contributed by atoms with van der Waals surface area (Å²) in [7, 11) is 0. The fourth-order valence-corrected chi connectivity index (χ4v) is 4.02. The van der Waals surface area contributed by atoms with Crippen LogP contribution in [0.3, 0.4) is 0 Å². The first-order valence-electron chi connectivity index (χ1n) is 8.94. The first kappa shape index (κ1) is 16.1. The van der Waals surface area contributed by atoms with E-state index in [0.29, 0.717) is 31.0 Å². The van der Waals surface area contributed by atoms with Crippen LogP contribution in [0.5, 0.6) is 0 Å². The molecule has 1 amide bonds. The number of carbonyl (C=O) groups excluding carboxylic acids is 1. The second-order valence-corrected chi connectivity index (χ2v) is 7.43. The molecule has 0 spiro atoms. The first-order valence-corrected chi connectivity index (χ1v) is 8.94. The fourth-order valence-electron chi connectivity index (χ4n) is 4.02. The van der Waals surface area contributed by atoms with Gasteiger partial charge in [-0.25, -0.2) is 9.48 Å². The predicted molar refractivity (Wildman–Crippen MR) is 92.2 cm³/mol. The van der Waals surface area contributed by atoms with Gasteiger partial charge in [0.15, 0.2) is 0 Å². The minimum atomic E-state index is -0.0509. The Kier molecular flexibility index (Phi) is 3.94. The Hall–Kier alpha value is -2.44. The molecule has 25 heavy (non-hydrogen) atoms. The quantitative estimate of drug-likeness (QED) is 0.844. The summed E-state index contributed by atoms with van der Waals surface area (Å²) in [5.41, 5.74) is 0.557. The number of fused-ring (bicyclic) bond motifs is 3. The largest absolute Gasteiger partial charge is 0.345 e. The average molecular weight is 341 g/mol. The SMILES string of the molecule is CC(C)Cn1nc2n(c1=O)CC1CCC(C2)N1C(=O)c1cccnc1. The van der Waals surface area contributed by atoms with Gasteiger partial charge in [-0.1, -0.05) is 13.8 Å². The van der Waals surface area contributed by atoms with Gasteiger partial charge in [-0.3, -0.25) is 14.3 Å². The molecule has 7 heteroatoms. The molecule has 2 unspecified atom stereocenters. The van der Waals surface area contributed by atoms with Gasteiger partial charge in [0.1, 0.15) is 5.82 Å². The van der Waals surface area contributed by atoms with E-state index in [1.165, 1.54) is 0 Å². The third-order valence-corrected chi connectivity index (χ3v) is 5.11. The molecule has 2 aromatic heterocycles. The van der Waals surface area contributed by atoms with Crippen molar-refractivity contribution in [1.82, 2.24) is 24.2 Å². The van der Waals surface area contributed by atoms with E-state index in [9.17, 15) is 9.59 Å². The lowest BCUT2D eigenvalue weighted by molar-refractivity contribution is 0.0664. The van der Waals surface area contributed by atoms with E-state index in [4.69, 9.17) is 0 Å². The lowest BCUT2D eigenvalue weighted by Crippen LogP contribution is -2.43. The number of carbonyl (C=O) groups is 1. The number of amides is 1. The molecule has 7 nitrogen and oxygen atoms in total. The maximum absolute atomic E-state index is 13.0. The Morgan fingerprint density at radius 1 is 1.32 bits per heavy atom. The Morgan fingerprint density at radius 3 is 2.84 bits per heavy atom. The van der Waals surface area contributed by atoms with E-state index < -0.39 is 0 Å². The van der Waals surface area contributed by atoms with Gasteiger partial charge >= 0.3 is 5.69 Å². The smallest absolute Gasteiger partial charge is 0.330 e. The minimum Gasteiger partial charge on any atom is -0.330 e. The van der Waals surface area contributed by atoms with Crippen LogP contribution in [0.1, 0.15) is 42.9 Å². The van der Waals surface area contributed by atoms with Gasteiger partial charge in [0.2, 0.25) is 0 Å². The summed E-state index contributed by atoms with van der Waals surface area (Å²) in [6.45, 7) is 5.32. The van der Waals surface area contributed by atoms with Crippen molar-refractivity contribution < 1.29 is 4.79 Å². The molecule has 2 atom stereocenters. The van der Waals surface area contributed by atoms with Crippen LogP contribution >= 0.6 is 0 Å². The molecule has 1 fully saturated rings. The van der Waals surface area contributed by atoms with Crippen molar-refractivity contribution in [1.29, 1.82) is 0 Å². The standard InChI is InChI=1S/C18H23N5O2/c1-12(2)10-22-18(25)21-11-15-6-5-14(8-16(21)20-22)23(15)17(24)13-4-3-7-19-9-13/h3-4,7,9,12,14-15H,5-6,8,10-11H2,1-2H3. The third kappa shape index (κ3) is 2.77. The van der Waals surface area contributed by atoms with Crippen LogP contribution in [0, 0.1) is 5.92 Å². The van der Waals surface area contributed by atoms with Gasteiger partial charge in [0, 0.05) is 37.9 Å². The Morgan fingerprint density at radius 2 is 2.12 bits per heavy atom. The normalized spacial score (nSPS) is 22.1. The molecule has 0 radical (unpaired) electrons. The van der Waals surface area contributed by atoms with Crippen molar-refractivity contribution >= 4 is 5.91 Å². The van der Waals surface area contributed by atoms with Gasteiger partial charge < -0.3 is 4.90 Å². The molecule has 2 aromatic rings. The summed E-state index contributed by atoms with van der Waals surface area (Å²) in [4.78, 5) is 31.6. The second-order valence-electron chi connectivity index (χ2n) is 7.43. The molecule has 4 heterocycles. The molecule has 0 aromatic carbocycles. The van der Waals surface area contributed by atoms with E-state index in [1.54, 1.807) is 33.8 Å². The summed E-state index contributed by atoms with van der Waals surface area (Å²) in [5, 5.41) is 4.55. The molecule has 2 bridgehead atoms. The Balaban J connectivity index is 1.64. The molecule has 4 rings (SSSR count). The van der Waals surface area contributed by atoms with Gasteiger partial charge in [-0.2, -0.15) is 5.10 Å². The summed E-state index contributed by atoms with van der Waals surface area (Å²) in [6.07, 6.45) is 5.81. The van der Waals surface area contributed by atoms with Crippen molar-refractivity contribution in [3.05, 3.63) is 46.4 Å². The van der Waals surface area contributed by atoms with Crippen molar-refractivity contribution in [2.24, 2.45) is 5.92 Å². The van der Waals surface area contributed by atoms with E-state index in [2.05, 4.69) is 23.9 Å². The molecule has 0 N–H and O–H groups in total. The fraction of sp³-hybridized carbons (Fsp3) is 0.556. The zero-order valence-corrected chi connectivity index (χ0v) is 14.6. The molecule has 0 aliphatic carbocycles. The number of hydrogen-bond acceptors (Lipinski definition) is 4. The summed E-state index contributed by atoms with van der Waals surface area (Å²) in [6, 6.07) is 3.73. The van der Waals surface area contributed by atoms with E-state index in [-0.39, 0.29) is 23.7 Å². The molecule has 0 saturated carbocycles. The highest BCUT2D eigenvalue weighted by atomic mass is 16.2. The number of hydrogen-bond donors (Lipinski definition) is 0. The maximum atomic E-state index is 13.0. The summed E-state index contributed by atoms with van der Waals surface area (Å²) >= 11 is 0. The number of aromatic nitrogens is 4. The Labute approximate surface area is 146 Å². The highest BCUT2D eigenvalue weighted by molar-refractivity contribution is 5.94. The highest BCUT2D eigenvalue weighted by Gasteiger charge is 2.41. The van der Waals surface area contributed by atoms with Gasteiger partial charge in [0.25, 0.3) is 5.91 Å². The maximum Gasteiger partial charge on any atom is 0.345 e. The van der Waals surface area contributed by atoms with Crippen molar-refractivity contribution in [2.75, 3.05) is 0 Å². The van der Waals surface area contributed by atoms with Gasteiger partial charge in [-0.15, -0.1) is 0 Å². The van der Waals surface area contributed by atoms with E-state index >= 15 is 0 Å². The average Bonchev–Trinajstić information content (AvgIpc) is 3.04. The molecule has 2 aliphatic heterocycles. The zero-order valence-electron chi connectivity index (χ0n) is 14.6. The summed E-state index contributed by atoms with van der Waals surface area (Å²) in [5.74, 6) is 1.19. The number of pyridine rings is 1. The van der Waals surface area contributed by atoms with Crippen LogP contribution < -0.4 is 5.69 Å². The van der Waals surface area contributed by atoms with Crippen molar-refractivity contribution in [3.63, 3.8) is 0 Å². The number of nitrogens with zero attached hydrogens (tertiary/aromatic N) is 5. The molecule has 1 saturated heterocycles. The van der Waals surface area contributed by atoms with Crippen molar-refractivity contribution in [2.45, 2.75) is 58.3 Å². The zero-order chi connectivity index (χ0) is 17.6. The Bertz CT molecular complexity index is 839. The van der Waals surface area contributed by atoms with Gasteiger partial charge in [0.05, 0.1) is 11.6 Å². The molecular weight excluding hydrogens is 318 g/mol. The van der Waals surface area contributed by atoms with Crippen LogP contribution in [0.25, 0.3) is 0 Å². The molecular formula is C18H23N5O2. The second kappa shape index (κ2) is 6.13. The monoisotopic (exact) mass is 341 g/mol. The van der Waals surface area contributed by atoms with E-state index in [1.807, 2.05) is 4.90 Å². The van der Waals surface area contributed by atoms with Crippen LogP contribution in [-0.4, -0.2) is 42.2 Å².